The van der Waals surface area contributed by atoms with Crippen molar-refractivity contribution in [1.29, 1.82) is 0 Å². The number of anilines is 1. The summed E-state index contributed by atoms with van der Waals surface area (Å²) in [7, 11) is -3.88. The van der Waals surface area contributed by atoms with Crippen molar-refractivity contribution in [3.8, 4) is 0 Å². The van der Waals surface area contributed by atoms with Crippen molar-refractivity contribution in [1.82, 2.24) is 4.31 Å². The zero-order valence-electron chi connectivity index (χ0n) is 11.9. The van der Waals surface area contributed by atoms with Crippen LogP contribution in [-0.4, -0.2) is 30.7 Å². The third-order valence-electron chi connectivity index (χ3n) is 3.74. The molecular formula is C13H19N3O4S. The van der Waals surface area contributed by atoms with Crippen LogP contribution in [-0.2, 0) is 10.0 Å². The molecule has 0 spiro atoms. The van der Waals surface area contributed by atoms with Crippen LogP contribution < -0.4 is 5.73 Å². The summed E-state index contributed by atoms with van der Waals surface area (Å²) in [6, 6.07) is 3.64. The first-order chi connectivity index (χ1) is 9.86. The summed E-state index contributed by atoms with van der Waals surface area (Å²) >= 11 is 0. The molecule has 0 bridgehead atoms. The van der Waals surface area contributed by atoms with Gasteiger partial charge >= 0.3 is 0 Å². The van der Waals surface area contributed by atoms with Gasteiger partial charge in [0.1, 0.15) is 0 Å². The van der Waals surface area contributed by atoms with Crippen LogP contribution in [0.25, 0.3) is 0 Å². The van der Waals surface area contributed by atoms with E-state index in [1.165, 1.54) is 16.4 Å². The van der Waals surface area contributed by atoms with Crippen molar-refractivity contribution in [2.24, 2.45) is 5.92 Å². The number of nitrogens with zero attached hydrogens (tertiary/aromatic N) is 2. The molecule has 2 N–H and O–H groups in total. The van der Waals surface area contributed by atoms with E-state index >= 15 is 0 Å². The van der Waals surface area contributed by atoms with Crippen LogP contribution in [0.5, 0.6) is 0 Å². The number of nitrogens with two attached hydrogens (primary N) is 1. The third-order valence-corrected chi connectivity index (χ3v) is 5.64. The lowest BCUT2D eigenvalue weighted by atomic mass is 10.0. The van der Waals surface area contributed by atoms with Gasteiger partial charge < -0.3 is 5.73 Å². The van der Waals surface area contributed by atoms with Gasteiger partial charge in [-0.05, 0) is 30.9 Å². The van der Waals surface area contributed by atoms with Gasteiger partial charge in [-0.2, -0.15) is 4.31 Å². The molecule has 0 amide bonds. The lowest BCUT2D eigenvalue weighted by molar-refractivity contribution is -0.387. The molecule has 1 fully saturated rings. The Morgan fingerprint density at radius 2 is 2.19 bits per heavy atom. The molecule has 1 atom stereocenters. The monoisotopic (exact) mass is 313 g/mol. The van der Waals surface area contributed by atoms with Gasteiger partial charge in [0.25, 0.3) is 5.69 Å². The summed E-state index contributed by atoms with van der Waals surface area (Å²) in [5, 5.41) is 11.0. The summed E-state index contributed by atoms with van der Waals surface area (Å²) in [5.74, 6) is 0.324. The van der Waals surface area contributed by atoms with E-state index in [2.05, 4.69) is 6.92 Å². The van der Waals surface area contributed by atoms with Gasteiger partial charge in [-0.1, -0.05) is 13.3 Å². The van der Waals surface area contributed by atoms with Gasteiger partial charge in [0, 0.05) is 24.8 Å². The fraction of sp³-hybridized carbons (Fsp3) is 0.538. The molecule has 2 rings (SSSR count). The molecule has 0 radical (unpaired) electrons. The van der Waals surface area contributed by atoms with Gasteiger partial charge in [-0.25, -0.2) is 8.42 Å². The van der Waals surface area contributed by atoms with Crippen LogP contribution in [0.15, 0.2) is 23.1 Å². The van der Waals surface area contributed by atoms with E-state index in [1.807, 2.05) is 0 Å². The molecule has 1 aliphatic heterocycles. The van der Waals surface area contributed by atoms with Crippen LogP contribution >= 0.6 is 0 Å². The zero-order chi connectivity index (χ0) is 15.6. The molecule has 1 saturated heterocycles. The Kier molecular flexibility index (Phi) is 4.48. The number of nitrogen functional groups attached to an aromatic ring is 1. The molecular weight excluding hydrogens is 294 g/mol. The van der Waals surface area contributed by atoms with Gasteiger partial charge in [-0.3, -0.25) is 10.1 Å². The lowest BCUT2D eigenvalue weighted by Crippen LogP contribution is -2.29. The van der Waals surface area contributed by atoms with Gasteiger partial charge in [-0.15, -0.1) is 0 Å². The lowest BCUT2D eigenvalue weighted by Gasteiger charge is -2.16. The van der Waals surface area contributed by atoms with E-state index in [0.29, 0.717) is 19.0 Å². The van der Waals surface area contributed by atoms with E-state index in [9.17, 15) is 18.5 Å². The van der Waals surface area contributed by atoms with Crippen LogP contribution in [0.2, 0.25) is 0 Å². The minimum Gasteiger partial charge on any atom is -0.399 e. The Hall–Kier alpha value is -1.67. The summed E-state index contributed by atoms with van der Waals surface area (Å²) in [6.45, 7) is 2.88. The first kappa shape index (κ1) is 15.7. The largest absolute Gasteiger partial charge is 0.399 e. The number of hydrogen-bond acceptors (Lipinski definition) is 5. The fourth-order valence-electron chi connectivity index (χ4n) is 2.69. The minimum absolute atomic E-state index is 0.198. The molecule has 0 saturated carbocycles. The maximum atomic E-state index is 12.6. The third kappa shape index (κ3) is 3.16. The molecule has 1 aromatic carbocycles. The molecule has 1 aromatic rings. The summed E-state index contributed by atoms with van der Waals surface area (Å²) in [5.41, 5.74) is 5.36. The number of sulfonamides is 1. The van der Waals surface area contributed by atoms with Crippen LogP contribution in [0.3, 0.4) is 0 Å². The summed E-state index contributed by atoms with van der Waals surface area (Å²) in [4.78, 5) is 10.0. The summed E-state index contributed by atoms with van der Waals surface area (Å²) < 4.78 is 26.6. The predicted octanol–water partition coefficient (Wildman–Crippen LogP) is 1.99. The SMILES string of the molecule is CCCC1CCN(S(=O)(=O)c2cc(N)ccc2[N+](=O)[O-])C1. The maximum Gasteiger partial charge on any atom is 0.289 e. The molecule has 21 heavy (non-hydrogen) atoms. The standard InChI is InChI=1S/C13H19N3O4S/c1-2-3-10-6-7-15(9-10)21(19,20)13-8-11(14)4-5-12(13)16(17)18/h4-5,8,10H,2-3,6-7,9,14H2,1H3. The van der Waals surface area contributed by atoms with E-state index in [0.717, 1.165) is 25.3 Å². The van der Waals surface area contributed by atoms with Crippen molar-refractivity contribution >= 4 is 21.4 Å². The van der Waals surface area contributed by atoms with Crippen molar-refractivity contribution in [3.63, 3.8) is 0 Å². The van der Waals surface area contributed by atoms with Gasteiger partial charge in [0.15, 0.2) is 4.90 Å². The van der Waals surface area contributed by atoms with Crippen molar-refractivity contribution in [2.75, 3.05) is 18.8 Å². The van der Waals surface area contributed by atoms with E-state index in [-0.39, 0.29) is 10.6 Å². The average molecular weight is 313 g/mol. The predicted molar refractivity (Wildman–Crippen MR) is 79.3 cm³/mol. The van der Waals surface area contributed by atoms with Crippen molar-refractivity contribution < 1.29 is 13.3 Å². The van der Waals surface area contributed by atoms with Gasteiger partial charge in [0.05, 0.1) is 4.92 Å². The molecule has 1 unspecified atom stereocenters. The second-order valence-electron chi connectivity index (χ2n) is 5.29. The molecule has 0 aromatic heterocycles. The topological polar surface area (TPSA) is 107 Å². The van der Waals surface area contributed by atoms with Crippen molar-refractivity contribution in [3.05, 3.63) is 28.3 Å². The summed E-state index contributed by atoms with van der Waals surface area (Å²) in [6.07, 6.45) is 2.76. The molecule has 1 heterocycles. The Morgan fingerprint density at radius 3 is 2.81 bits per heavy atom. The van der Waals surface area contributed by atoms with Crippen LogP contribution in [0, 0.1) is 16.0 Å². The Bertz CT molecular complexity index is 645. The molecule has 116 valence electrons. The smallest absolute Gasteiger partial charge is 0.289 e. The fourth-order valence-corrected chi connectivity index (χ4v) is 4.41. The highest BCUT2D eigenvalue weighted by Gasteiger charge is 2.36. The number of nitro groups is 1. The van der Waals surface area contributed by atoms with E-state index in [4.69, 9.17) is 5.73 Å². The number of rotatable bonds is 5. The second kappa shape index (κ2) is 5.98. The Labute approximate surface area is 123 Å². The maximum absolute atomic E-state index is 12.6. The molecule has 0 aliphatic carbocycles. The van der Waals surface area contributed by atoms with Gasteiger partial charge in [0.2, 0.25) is 10.0 Å². The molecule has 8 heteroatoms. The molecule has 1 aliphatic rings. The van der Waals surface area contributed by atoms with Crippen LogP contribution in [0.1, 0.15) is 26.2 Å². The molecule has 7 nitrogen and oxygen atoms in total. The normalized spacial score (nSPS) is 19.8. The van der Waals surface area contributed by atoms with E-state index < -0.39 is 20.6 Å². The highest BCUT2D eigenvalue weighted by atomic mass is 32.2. The zero-order valence-corrected chi connectivity index (χ0v) is 12.7. The number of benzene rings is 1. The van der Waals surface area contributed by atoms with Crippen molar-refractivity contribution in [2.45, 2.75) is 31.1 Å². The highest BCUT2D eigenvalue weighted by Crippen LogP contribution is 2.32. The first-order valence-corrected chi connectivity index (χ1v) is 8.34. The Balaban J connectivity index is 2.36. The minimum atomic E-state index is -3.88. The highest BCUT2D eigenvalue weighted by molar-refractivity contribution is 7.89. The second-order valence-corrected chi connectivity index (χ2v) is 7.20. The van der Waals surface area contributed by atoms with Crippen LogP contribution in [0.4, 0.5) is 11.4 Å². The number of nitro benzene ring substituents is 1. The Morgan fingerprint density at radius 1 is 1.48 bits per heavy atom. The average Bonchev–Trinajstić information content (AvgIpc) is 2.88. The number of hydrogen-bond donors (Lipinski definition) is 1. The quantitative estimate of drug-likeness (QED) is 0.508. The van der Waals surface area contributed by atoms with E-state index in [1.54, 1.807) is 0 Å². The first-order valence-electron chi connectivity index (χ1n) is 6.90.